The maximum absolute atomic E-state index is 5.35. The minimum absolute atomic E-state index is 0.646. The standard InChI is InChI=1S/C7H12N4/c1-7(2-3-8)4-11-6-9-5-10-11/h5-6H,1-4,8H2. The zero-order valence-corrected chi connectivity index (χ0v) is 6.40. The second-order valence-electron chi connectivity index (χ2n) is 2.38. The van der Waals surface area contributed by atoms with Crippen molar-refractivity contribution in [1.82, 2.24) is 14.8 Å². The van der Waals surface area contributed by atoms with Crippen molar-refractivity contribution in [3.8, 4) is 0 Å². The van der Waals surface area contributed by atoms with E-state index in [1.54, 1.807) is 11.0 Å². The highest BCUT2D eigenvalue weighted by Crippen LogP contribution is 1.98. The van der Waals surface area contributed by atoms with Gasteiger partial charge in [0.2, 0.25) is 0 Å². The van der Waals surface area contributed by atoms with E-state index < -0.39 is 0 Å². The molecule has 0 amide bonds. The van der Waals surface area contributed by atoms with Crippen LogP contribution in [0.5, 0.6) is 0 Å². The Morgan fingerprint density at radius 2 is 2.45 bits per heavy atom. The first-order valence-electron chi connectivity index (χ1n) is 3.52. The molecule has 2 N–H and O–H groups in total. The van der Waals surface area contributed by atoms with Crippen LogP contribution in [0.25, 0.3) is 0 Å². The summed E-state index contributed by atoms with van der Waals surface area (Å²) in [7, 11) is 0. The van der Waals surface area contributed by atoms with Gasteiger partial charge in [0.1, 0.15) is 12.7 Å². The number of rotatable bonds is 4. The number of nitrogens with zero attached hydrogens (tertiary/aromatic N) is 3. The minimum atomic E-state index is 0.646. The van der Waals surface area contributed by atoms with Crippen LogP contribution in [-0.2, 0) is 6.54 Å². The highest BCUT2D eigenvalue weighted by atomic mass is 15.3. The van der Waals surface area contributed by atoms with Crippen molar-refractivity contribution >= 4 is 0 Å². The third-order valence-electron chi connectivity index (χ3n) is 1.35. The van der Waals surface area contributed by atoms with E-state index in [1.807, 2.05) is 0 Å². The number of hydrogen-bond donors (Lipinski definition) is 1. The van der Waals surface area contributed by atoms with Crippen molar-refractivity contribution in [1.29, 1.82) is 0 Å². The normalized spacial score (nSPS) is 9.91. The predicted octanol–water partition coefficient (Wildman–Crippen LogP) is 0.183. The van der Waals surface area contributed by atoms with Gasteiger partial charge in [-0.25, -0.2) is 9.67 Å². The van der Waals surface area contributed by atoms with E-state index in [1.165, 1.54) is 6.33 Å². The van der Waals surface area contributed by atoms with E-state index in [9.17, 15) is 0 Å². The van der Waals surface area contributed by atoms with E-state index in [4.69, 9.17) is 5.73 Å². The van der Waals surface area contributed by atoms with Crippen LogP contribution < -0.4 is 5.73 Å². The zero-order chi connectivity index (χ0) is 8.10. The van der Waals surface area contributed by atoms with Crippen LogP contribution in [-0.4, -0.2) is 21.3 Å². The molecule has 0 atom stereocenters. The van der Waals surface area contributed by atoms with E-state index in [-0.39, 0.29) is 0 Å². The summed E-state index contributed by atoms with van der Waals surface area (Å²) in [5.74, 6) is 0. The molecular formula is C7H12N4. The van der Waals surface area contributed by atoms with Crippen LogP contribution in [0.2, 0.25) is 0 Å². The summed E-state index contributed by atoms with van der Waals surface area (Å²) in [5.41, 5.74) is 6.43. The lowest BCUT2D eigenvalue weighted by molar-refractivity contribution is 0.656. The van der Waals surface area contributed by atoms with Crippen LogP contribution in [0.15, 0.2) is 24.8 Å². The Morgan fingerprint density at radius 1 is 1.64 bits per heavy atom. The number of nitrogens with two attached hydrogens (primary N) is 1. The van der Waals surface area contributed by atoms with Crippen molar-refractivity contribution in [2.24, 2.45) is 5.73 Å². The minimum Gasteiger partial charge on any atom is -0.330 e. The third-order valence-corrected chi connectivity index (χ3v) is 1.35. The van der Waals surface area contributed by atoms with Gasteiger partial charge in [-0.15, -0.1) is 0 Å². The van der Waals surface area contributed by atoms with Crippen molar-refractivity contribution < 1.29 is 0 Å². The zero-order valence-electron chi connectivity index (χ0n) is 6.40. The maximum atomic E-state index is 5.35. The Kier molecular flexibility index (Phi) is 2.80. The Morgan fingerprint density at radius 3 is 3.00 bits per heavy atom. The van der Waals surface area contributed by atoms with Crippen molar-refractivity contribution in [2.45, 2.75) is 13.0 Å². The topological polar surface area (TPSA) is 56.7 Å². The maximum Gasteiger partial charge on any atom is 0.137 e. The molecule has 0 aliphatic carbocycles. The Labute approximate surface area is 65.7 Å². The van der Waals surface area contributed by atoms with E-state index in [2.05, 4.69) is 16.7 Å². The second-order valence-corrected chi connectivity index (χ2v) is 2.38. The molecule has 11 heavy (non-hydrogen) atoms. The molecule has 0 unspecified atom stereocenters. The fourth-order valence-electron chi connectivity index (χ4n) is 0.827. The molecule has 0 spiro atoms. The van der Waals surface area contributed by atoms with Gasteiger partial charge in [-0.1, -0.05) is 12.2 Å². The van der Waals surface area contributed by atoms with Crippen molar-refractivity contribution in [3.05, 3.63) is 24.8 Å². The van der Waals surface area contributed by atoms with Crippen LogP contribution >= 0.6 is 0 Å². The van der Waals surface area contributed by atoms with Crippen LogP contribution in [0, 0.1) is 0 Å². The molecule has 60 valence electrons. The van der Waals surface area contributed by atoms with Gasteiger partial charge in [-0.2, -0.15) is 5.10 Å². The number of hydrogen-bond acceptors (Lipinski definition) is 3. The van der Waals surface area contributed by atoms with Gasteiger partial charge in [-0.3, -0.25) is 0 Å². The highest BCUT2D eigenvalue weighted by molar-refractivity contribution is 4.93. The summed E-state index contributed by atoms with van der Waals surface area (Å²) >= 11 is 0. The molecule has 0 saturated carbocycles. The molecule has 0 aliphatic heterocycles. The molecule has 0 aromatic carbocycles. The third kappa shape index (κ3) is 2.51. The smallest absolute Gasteiger partial charge is 0.137 e. The molecule has 4 heteroatoms. The van der Waals surface area contributed by atoms with Gasteiger partial charge in [0.25, 0.3) is 0 Å². The molecule has 4 nitrogen and oxygen atoms in total. The molecule has 1 aromatic heterocycles. The molecule has 0 radical (unpaired) electrons. The van der Waals surface area contributed by atoms with Gasteiger partial charge in [0.05, 0.1) is 6.54 Å². The molecule has 0 saturated heterocycles. The van der Waals surface area contributed by atoms with Crippen molar-refractivity contribution in [3.63, 3.8) is 0 Å². The van der Waals surface area contributed by atoms with E-state index in [0.29, 0.717) is 6.54 Å². The van der Waals surface area contributed by atoms with Crippen LogP contribution in [0.1, 0.15) is 6.42 Å². The summed E-state index contributed by atoms with van der Waals surface area (Å²) in [6.07, 6.45) is 4.03. The molecular weight excluding hydrogens is 140 g/mol. The van der Waals surface area contributed by atoms with Gasteiger partial charge in [0, 0.05) is 0 Å². The van der Waals surface area contributed by atoms with Crippen molar-refractivity contribution in [2.75, 3.05) is 6.54 Å². The quantitative estimate of drug-likeness (QED) is 0.626. The molecule has 1 rings (SSSR count). The van der Waals surface area contributed by atoms with Crippen LogP contribution in [0.3, 0.4) is 0 Å². The predicted molar refractivity (Wildman–Crippen MR) is 42.8 cm³/mol. The largest absolute Gasteiger partial charge is 0.330 e. The first-order chi connectivity index (χ1) is 5.33. The molecule has 0 fully saturated rings. The Balaban J connectivity index is 2.37. The highest BCUT2D eigenvalue weighted by Gasteiger charge is 1.94. The lowest BCUT2D eigenvalue weighted by atomic mass is 10.2. The molecule has 1 heterocycles. The molecule has 1 aromatic rings. The Bertz CT molecular complexity index is 214. The Hall–Kier alpha value is -1.16. The van der Waals surface area contributed by atoms with Gasteiger partial charge in [-0.05, 0) is 13.0 Å². The fraction of sp³-hybridized carbons (Fsp3) is 0.429. The van der Waals surface area contributed by atoms with Crippen LogP contribution in [0.4, 0.5) is 0 Å². The molecule has 0 aliphatic rings. The summed E-state index contributed by atoms with van der Waals surface area (Å²) in [4.78, 5) is 3.81. The van der Waals surface area contributed by atoms with E-state index >= 15 is 0 Å². The van der Waals surface area contributed by atoms with Gasteiger partial charge >= 0.3 is 0 Å². The average Bonchev–Trinajstić information content (AvgIpc) is 2.40. The SMILES string of the molecule is C=C(CCN)Cn1cncn1. The number of aromatic nitrogens is 3. The monoisotopic (exact) mass is 152 g/mol. The van der Waals surface area contributed by atoms with Gasteiger partial charge < -0.3 is 5.73 Å². The lowest BCUT2D eigenvalue weighted by Gasteiger charge is -2.01. The summed E-state index contributed by atoms with van der Waals surface area (Å²) in [6, 6.07) is 0. The van der Waals surface area contributed by atoms with E-state index in [0.717, 1.165) is 18.5 Å². The first kappa shape index (κ1) is 7.94. The average molecular weight is 152 g/mol. The molecule has 0 bridgehead atoms. The summed E-state index contributed by atoms with van der Waals surface area (Å²) in [6.45, 7) is 5.22. The second kappa shape index (κ2) is 3.88. The summed E-state index contributed by atoms with van der Waals surface area (Å²) < 4.78 is 1.73. The van der Waals surface area contributed by atoms with Gasteiger partial charge in [0.15, 0.2) is 0 Å². The first-order valence-corrected chi connectivity index (χ1v) is 3.52. The fourth-order valence-corrected chi connectivity index (χ4v) is 0.827. The summed E-state index contributed by atoms with van der Waals surface area (Å²) in [5, 5.41) is 3.94. The lowest BCUT2D eigenvalue weighted by Crippen LogP contribution is -2.05.